The molecular weight excluding hydrogens is 298 g/mol. The van der Waals surface area contributed by atoms with E-state index in [0.29, 0.717) is 4.90 Å². The van der Waals surface area contributed by atoms with Gasteiger partial charge in [0.2, 0.25) is 0 Å². The van der Waals surface area contributed by atoms with Crippen molar-refractivity contribution in [3.8, 4) is 0 Å². The average Bonchev–Trinajstić information content (AvgIpc) is 2.32. The summed E-state index contributed by atoms with van der Waals surface area (Å²) in [7, 11) is 0. The summed E-state index contributed by atoms with van der Waals surface area (Å²) in [5.74, 6) is -0.250. The van der Waals surface area contributed by atoms with Crippen molar-refractivity contribution in [2.75, 3.05) is 0 Å². The molecule has 0 saturated carbocycles. The van der Waals surface area contributed by atoms with Crippen molar-refractivity contribution >= 4 is 17.0 Å². The standard InChI is InChI=1S/C17H27NO3S/c1-12-8-10-13(11-9-12)22(20)21-14(16(2,3)4)15(19)18-17(5,6)7/h8-11,14H,1-7H3,(H,18,19). The molecule has 0 aromatic heterocycles. The molecule has 5 heteroatoms. The zero-order valence-electron chi connectivity index (χ0n) is 14.5. The van der Waals surface area contributed by atoms with E-state index in [9.17, 15) is 9.00 Å². The minimum absolute atomic E-state index is 0.250. The maximum Gasteiger partial charge on any atom is 0.251 e. The van der Waals surface area contributed by atoms with Crippen LogP contribution >= 0.6 is 0 Å². The molecule has 0 fully saturated rings. The molecule has 0 bridgehead atoms. The van der Waals surface area contributed by atoms with Crippen LogP contribution in [0.5, 0.6) is 0 Å². The summed E-state index contributed by atoms with van der Waals surface area (Å²) in [5.41, 5.74) is 0.254. The summed E-state index contributed by atoms with van der Waals surface area (Å²) in [5, 5.41) is 2.89. The normalized spacial score (nSPS) is 15.2. The smallest absolute Gasteiger partial charge is 0.251 e. The van der Waals surface area contributed by atoms with E-state index in [1.165, 1.54) is 0 Å². The first-order valence-corrected chi connectivity index (χ1v) is 8.45. The lowest BCUT2D eigenvalue weighted by atomic mass is 9.88. The van der Waals surface area contributed by atoms with Gasteiger partial charge in [-0.2, -0.15) is 0 Å². The second-order valence-corrected chi connectivity index (χ2v) is 8.76. The first kappa shape index (κ1) is 18.8. The van der Waals surface area contributed by atoms with Gasteiger partial charge in [-0.15, -0.1) is 0 Å². The molecule has 1 aromatic carbocycles. The molecule has 1 rings (SSSR count). The van der Waals surface area contributed by atoms with Crippen molar-refractivity contribution in [2.24, 2.45) is 5.41 Å². The Kier molecular flexibility index (Phi) is 5.93. The Hall–Kier alpha value is -1.20. The Balaban J connectivity index is 2.92. The van der Waals surface area contributed by atoms with Gasteiger partial charge in [-0.3, -0.25) is 8.98 Å². The topological polar surface area (TPSA) is 55.4 Å². The molecular formula is C17H27NO3S. The van der Waals surface area contributed by atoms with E-state index in [2.05, 4.69) is 5.32 Å². The predicted molar refractivity (Wildman–Crippen MR) is 89.8 cm³/mol. The fraction of sp³-hybridized carbons (Fsp3) is 0.588. The molecule has 0 saturated heterocycles. The molecule has 4 nitrogen and oxygen atoms in total. The lowest BCUT2D eigenvalue weighted by Crippen LogP contribution is -2.51. The lowest BCUT2D eigenvalue weighted by molar-refractivity contribution is -0.133. The van der Waals surface area contributed by atoms with Gasteiger partial charge in [0.15, 0.2) is 17.2 Å². The molecule has 0 heterocycles. The minimum atomic E-state index is -1.68. The third-order valence-corrected chi connectivity index (χ3v) is 3.94. The van der Waals surface area contributed by atoms with Gasteiger partial charge in [0.25, 0.3) is 5.91 Å². The van der Waals surface area contributed by atoms with E-state index in [1.807, 2.05) is 60.6 Å². The van der Waals surface area contributed by atoms with Crippen LogP contribution in [0.1, 0.15) is 47.1 Å². The molecule has 0 aliphatic heterocycles. The van der Waals surface area contributed by atoms with Gasteiger partial charge in [-0.25, -0.2) is 4.21 Å². The van der Waals surface area contributed by atoms with Gasteiger partial charge in [0.05, 0.1) is 4.90 Å². The number of benzene rings is 1. The summed E-state index contributed by atoms with van der Waals surface area (Å²) in [4.78, 5) is 13.0. The van der Waals surface area contributed by atoms with E-state index in [1.54, 1.807) is 12.1 Å². The summed E-state index contributed by atoms with van der Waals surface area (Å²) < 4.78 is 18.0. The van der Waals surface area contributed by atoms with Crippen molar-refractivity contribution < 1.29 is 13.2 Å². The van der Waals surface area contributed by atoms with E-state index in [0.717, 1.165) is 5.56 Å². The number of hydrogen-bond donors (Lipinski definition) is 1. The van der Waals surface area contributed by atoms with Crippen LogP contribution in [0, 0.1) is 12.3 Å². The molecule has 0 spiro atoms. The molecule has 22 heavy (non-hydrogen) atoms. The van der Waals surface area contributed by atoms with Crippen LogP contribution in [0.3, 0.4) is 0 Å². The van der Waals surface area contributed by atoms with Gasteiger partial charge >= 0.3 is 0 Å². The molecule has 0 aliphatic carbocycles. The molecule has 1 N–H and O–H groups in total. The van der Waals surface area contributed by atoms with Crippen LogP contribution in [0.4, 0.5) is 0 Å². The van der Waals surface area contributed by atoms with Gasteiger partial charge in [-0.05, 0) is 45.2 Å². The van der Waals surface area contributed by atoms with E-state index >= 15 is 0 Å². The highest BCUT2D eigenvalue weighted by Crippen LogP contribution is 2.25. The fourth-order valence-corrected chi connectivity index (χ4v) is 2.83. The number of carbonyl (C=O) groups is 1. The fourth-order valence-electron chi connectivity index (χ4n) is 1.81. The zero-order valence-corrected chi connectivity index (χ0v) is 15.3. The second kappa shape index (κ2) is 6.92. The van der Waals surface area contributed by atoms with Crippen LogP contribution in [0.25, 0.3) is 0 Å². The average molecular weight is 325 g/mol. The first-order chi connectivity index (χ1) is 9.90. The highest BCUT2D eigenvalue weighted by Gasteiger charge is 2.36. The van der Waals surface area contributed by atoms with Gasteiger partial charge in [-0.1, -0.05) is 38.5 Å². The number of carbonyl (C=O) groups excluding carboxylic acids is 1. The van der Waals surface area contributed by atoms with Gasteiger partial charge in [0.1, 0.15) is 0 Å². The summed E-state index contributed by atoms with van der Waals surface area (Å²) in [6.07, 6.45) is -0.797. The second-order valence-electron chi connectivity index (χ2n) is 7.63. The molecule has 2 unspecified atom stereocenters. The Morgan fingerprint density at radius 1 is 1.09 bits per heavy atom. The van der Waals surface area contributed by atoms with Crippen molar-refractivity contribution in [1.82, 2.24) is 5.32 Å². The van der Waals surface area contributed by atoms with Crippen LogP contribution in [-0.4, -0.2) is 21.8 Å². The van der Waals surface area contributed by atoms with Crippen LogP contribution < -0.4 is 5.32 Å². The Bertz CT molecular complexity index is 539. The van der Waals surface area contributed by atoms with Crippen LogP contribution in [-0.2, 0) is 20.1 Å². The summed E-state index contributed by atoms with van der Waals surface area (Å²) in [6.45, 7) is 13.4. The number of hydrogen-bond acceptors (Lipinski definition) is 3. The number of aryl methyl sites for hydroxylation is 1. The third kappa shape index (κ3) is 5.89. The number of amides is 1. The maximum atomic E-state index is 12.5. The zero-order chi connectivity index (χ0) is 17.1. The van der Waals surface area contributed by atoms with Crippen molar-refractivity contribution in [2.45, 2.75) is 65.0 Å². The van der Waals surface area contributed by atoms with E-state index in [4.69, 9.17) is 4.18 Å². The largest absolute Gasteiger partial charge is 0.349 e. The van der Waals surface area contributed by atoms with Crippen molar-refractivity contribution in [3.05, 3.63) is 29.8 Å². The Morgan fingerprint density at radius 2 is 1.59 bits per heavy atom. The van der Waals surface area contributed by atoms with E-state index in [-0.39, 0.29) is 11.4 Å². The summed E-state index contributed by atoms with van der Waals surface area (Å²) in [6, 6.07) is 7.26. The monoisotopic (exact) mass is 325 g/mol. The number of rotatable bonds is 4. The Labute approximate surface area is 136 Å². The molecule has 0 radical (unpaired) electrons. The molecule has 2 atom stereocenters. The number of nitrogens with one attached hydrogen (secondary N) is 1. The maximum absolute atomic E-state index is 12.5. The molecule has 0 aliphatic rings. The lowest BCUT2D eigenvalue weighted by Gasteiger charge is -2.31. The SMILES string of the molecule is Cc1ccc(S(=O)OC(C(=O)NC(C)(C)C)C(C)(C)C)cc1. The predicted octanol–water partition coefficient (Wildman–Crippen LogP) is 3.36. The third-order valence-electron chi connectivity index (χ3n) is 2.92. The van der Waals surface area contributed by atoms with E-state index < -0.39 is 22.6 Å². The molecule has 124 valence electrons. The quantitative estimate of drug-likeness (QED) is 0.923. The van der Waals surface area contributed by atoms with Crippen molar-refractivity contribution in [3.63, 3.8) is 0 Å². The van der Waals surface area contributed by atoms with Gasteiger partial charge in [0, 0.05) is 5.54 Å². The van der Waals surface area contributed by atoms with Crippen LogP contribution in [0.2, 0.25) is 0 Å². The first-order valence-electron chi connectivity index (χ1n) is 7.38. The van der Waals surface area contributed by atoms with Crippen LogP contribution in [0.15, 0.2) is 29.2 Å². The highest BCUT2D eigenvalue weighted by molar-refractivity contribution is 7.80. The molecule has 1 amide bonds. The summed E-state index contributed by atoms with van der Waals surface area (Å²) >= 11 is -1.68. The van der Waals surface area contributed by atoms with Crippen molar-refractivity contribution in [1.29, 1.82) is 0 Å². The van der Waals surface area contributed by atoms with Gasteiger partial charge < -0.3 is 5.32 Å². The highest BCUT2D eigenvalue weighted by atomic mass is 32.2. The minimum Gasteiger partial charge on any atom is -0.349 e. The Morgan fingerprint density at radius 3 is 2.00 bits per heavy atom. The molecule has 1 aromatic rings.